The molecule has 0 aromatic heterocycles. The smallest absolute Gasteiger partial charge is 0.294 e. The van der Waals surface area contributed by atoms with Crippen molar-refractivity contribution >= 4 is 10.4 Å². The fourth-order valence-corrected chi connectivity index (χ4v) is 1.45. The van der Waals surface area contributed by atoms with E-state index in [0.29, 0.717) is 6.42 Å². The highest BCUT2D eigenvalue weighted by atomic mass is 32.3. The monoisotopic (exact) mass is 211 g/mol. The maximum absolute atomic E-state index is 10.3. The molecule has 5 nitrogen and oxygen atoms in total. The fourth-order valence-electron chi connectivity index (χ4n) is 0.967. The molecule has 0 aliphatic carbocycles. The van der Waals surface area contributed by atoms with Gasteiger partial charge in [-0.3, -0.25) is 9.87 Å². The third-order valence-corrected chi connectivity index (χ3v) is 2.11. The van der Waals surface area contributed by atoms with Crippen LogP contribution in [0.5, 0.6) is 0 Å². The van der Waals surface area contributed by atoms with E-state index in [1.165, 1.54) is 0 Å². The highest BCUT2D eigenvalue weighted by Crippen LogP contribution is 2.06. The minimum absolute atomic E-state index is 0.574. The van der Waals surface area contributed by atoms with Crippen LogP contribution in [-0.2, 0) is 14.6 Å². The van der Waals surface area contributed by atoms with Gasteiger partial charge in [-0.25, -0.2) is 4.18 Å². The van der Waals surface area contributed by atoms with Crippen molar-refractivity contribution in [1.29, 1.82) is 0 Å². The summed E-state index contributed by atoms with van der Waals surface area (Å²) in [6, 6.07) is 0. The second kappa shape index (κ2) is 6.31. The van der Waals surface area contributed by atoms with Crippen LogP contribution >= 0.6 is 0 Å². The lowest BCUT2D eigenvalue weighted by Gasteiger charge is -2.13. The van der Waals surface area contributed by atoms with Crippen LogP contribution in [0, 0.1) is 0 Å². The Labute approximate surface area is 79.4 Å². The maximum Gasteiger partial charge on any atom is 0.398 e. The second-order valence-corrected chi connectivity index (χ2v) is 3.84. The van der Waals surface area contributed by atoms with E-state index in [-0.39, 0.29) is 0 Å². The van der Waals surface area contributed by atoms with Crippen LogP contribution < -0.4 is 5.32 Å². The zero-order chi connectivity index (χ0) is 10.3. The van der Waals surface area contributed by atoms with Crippen molar-refractivity contribution in [2.45, 2.75) is 38.8 Å². The highest BCUT2D eigenvalue weighted by Gasteiger charge is 2.14. The van der Waals surface area contributed by atoms with Crippen LogP contribution in [0.15, 0.2) is 0 Å². The molecule has 1 unspecified atom stereocenters. The molecule has 0 amide bonds. The van der Waals surface area contributed by atoms with E-state index >= 15 is 0 Å². The van der Waals surface area contributed by atoms with Crippen LogP contribution in [0.4, 0.5) is 0 Å². The number of rotatable bonds is 7. The molecular formula is C7H17NO4S. The first-order valence-electron chi connectivity index (χ1n) is 4.32. The molecular weight excluding hydrogens is 194 g/mol. The summed E-state index contributed by atoms with van der Waals surface area (Å²) in [4.78, 5) is 0. The van der Waals surface area contributed by atoms with E-state index in [0.717, 1.165) is 19.3 Å². The Morgan fingerprint density at radius 1 is 1.46 bits per heavy atom. The van der Waals surface area contributed by atoms with E-state index in [1.54, 1.807) is 7.05 Å². The molecule has 0 saturated carbocycles. The third-order valence-electron chi connectivity index (χ3n) is 1.63. The molecule has 2 N–H and O–H groups in total. The first kappa shape index (κ1) is 12.8. The Hall–Kier alpha value is -0.170. The molecule has 6 heteroatoms. The Balaban J connectivity index is 3.77. The van der Waals surface area contributed by atoms with Gasteiger partial charge in [0, 0.05) is 0 Å². The van der Waals surface area contributed by atoms with Gasteiger partial charge >= 0.3 is 10.4 Å². The molecule has 80 valence electrons. The summed E-state index contributed by atoms with van der Waals surface area (Å²) in [5.41, 5.74) is 0. The van der Waals surface area contributed by atoms with Gasteiger partial charge in [0.1, 0.15) is 6.23 Å². The molecule has 0 aliphatic heterocycles. The molecule has 0 aromatic rings. The lowest BCUT2D eigenvalue weighted by molar-refractivity contribution is 0.146. The van der Waals surface area contributed by atoms with Crippen LogP contribution in [0.3, 0.4) is 0 Å². The second-order valence-electron chi connectivity index (χ2n) is 2.80. The topological polar surface area (TPSA) is 75.6 Å². The molecule has 0 fully saturated rings. The predicted molar refractivity (Wildman–Crippen MR) is 49.6 cm³/mol. The van der Waals surface area contributed by atoms with Gasteiger partial charge in [-0.15, -0.1) is 0 Å². The largest absolute Gasteiger partial charge is 0.398 e. The Bertz CT molecular complexity index is 215. The summed E-state index contributed by atoms with van der Waals surface area (Å²) in [5, 5.41) is 2.66. The van der Waals surface area contributed by atoms with Gasteiger partial charge in [-0.1, -0.05) is 19.8 Å². The van der Waals surface area contributed by atoms with Crippen molar-refractivity contribution in [3.63, 3.8) is 0 Å². The first-order valence-corrected chi connectivity index (χ1v) is 5.69. The fraction of sp³-hybridized carbons (Fsp3) is 1.00. The minimum atomic E-state index is -4.34. The van der Waals surface area contributed by atoms with E-state index < -0.39 is 16.6 Å². The number of hydrogen-bond acceptors (Lipinski definition) is 4. The molecule has 0 aliphatic rings. The molecule has 0 radical (unpaired) electrons. The van der Waals surface area contributed by atoms with Crippen LogP contribution in [0.2, 0.25) is 0 Å². The molecule has 0 aromatic carbocycles. The van der Waals surface area contributed by atoms with Crippen molar-refractivity contribution in [1.82, 2.24) is 5.32 Å². The van der Waals surface area contributed by atoms with Crippen molar-refractivity contribution in [3.8, 4) is 0 Å². The van der Waals surface area contributed by atoms with Gasteiger partial charge < -0.3 is 0 Å². The maximum atomic E-state index is 10.3. The summed E-state index contributed by atoms with van der Waals surface area (Å²) in [6.07, 6.45) is 2.90. The molecule has 0 bridgehead atoms. The summed E-state index contributed by atoms with van der Waals surface area (Å²) in [6.45, 7) is 2.05. The van der Waals surface area contributed by atoms with Crippen molar-refractivity contribution in [2.24, 2.45) is 0 Å². The number of nitrogens with one attached hydrogen (secondary N) is 1. The molecule has 0 spiro atoms. The minimum Gasteiger partial charge on any atom is -0.294 e. The molecule has 0 saturated heterocycles. The van der Waals surface area contributed by atoms with E-state index in [2.05, 4.69) is 16.4 Å². The lowest BCUT2D eigenvalue weighted by Crippen LogP contribution is -2.30. The van der Waals surface area contributed by atoms with Crippen LogP contribution in [-0.4, -0.2) is 26.2 Å². The number of hydrogen-bond donors (Lipinski definition) is 2. The van der Waals surface area contributed by atoms with Crippen molar-refractivity contribution in [3.05, 3.63) is 0 Å². The SMILES string of the molecule is CCCCCC(NC)OS(=O)(=O)O. The molecule has 13 heavy (non-hydrogen) atoms. The van der Waals surface area contributed by atoms with Gasteiger partial charge in [0.25, 0.3) is 0 Å². The summed E-state index contributed by atoms with van der Waals surface area (Å²) < 4.78 is 33.4. The summed E-state index contributed by atoms with van der Waals surface area (Å²) >= 11 is 0. The molecule has 0 rings (SSSR count). The Morgan fingerprint density at radius 3 is 2.46 bits per heavy atom. The summed E-state index contributed by atoms with van der Waals surface area (Å²) in [5.74, 6) is 0. The standard InChI is InChI=1S/C7H17NO4S/c1-3-4-5-6-7(8-2)12-13(9,10)11/h7-8H,3-6H2,1-2H3,(H,9,10,11). The summed E-state index contributed by atoms with van der Waals surface area (Å²) in [7, 11) is -2.75. The quantitative estimate of drug-likeness (QED) is 0.372. The van der Waals surface area contributed by atoms with Crippen LogP contribution in [0.1, 0.15) is 32.6 Å². The number of unbranched alkanes of at least 4 members (excludes halogenated alkanes) is 2. The lowest BCUT2D eigenvalue weighted by atomic mass is 10.2. The highest BCUT2D eigenvalue weighted by molar-refractivity contribution is 7.80. The average molecular weight is 211 g/mol. The Morgan fingerprint density at radius 2 is 2.08 bits per heavy atom. The average Bonchev–Trinajstić information content (AvgIpc) is 2.01. The first-order chi connectivity index (χ1) is 5.99. The Kier molecular flexibility index (Phi) is 6.23. The van der Waals surface area contributed by atoms with E-state index in [1.807, 2.05) is 0 Å². The van der Waals surface area contributed by atoms with Gasteiger partial charge in [0.2, 0.25) is 0 Å². The normalized spacial score (nSPS) is 14.4. The van der Waals surface area contributed by atoms with Gasteiger partial charge in [-0.05, 0) is 19.9 Å². The zero-order valence-electron chi connectivity index (χ0n) is 7.99. The van der Waals surface area contributed by atoms with Crippen molar-refractivity contribution < 1.29 is 17.2 Å². The van der Waals surface area contributed by atoms with E-state index in [4.69, 9.17) is 4.55 Å². The van der Waals surface area contributed by atoms with Gasteiger partial charge in [0.05, 0.1) is 0 Å². The predicted octanol–water partition coefficient (Wildman–Crippen LogP) is 0.932. The van der Waals surface area contributed by atoms with E-state index in [9.17, 15) is 8.42 Å². The molecule has 0 heterocycles. The van der Waals surface area contributed by atoms with Gasteiger partial charge in [-0.2, -0.15) is 8.42 Å². The molecule has 1 atom stereocenters. The van der Waals surface area contributed by atoms with Crippen molar-refractivity contribution in [2.75, 3.05) is 7.05 Å². The third kappa shape index (κ3) is 8.17. The van der Waals surface area contributed by atoms with Crippen LogP contribution in [0.25, 0.3) is 0 Å². The van der Waals surface area contributed by atoms with Gasteiger partial charge in [0.15, 0.2) is 0 Å². The zero-order valence-corrected chi connectivity index (χ0v) is 8.80.